The molecule has 134 valence electrons. The van der Waals surface area contributed by atoms with Gasteiger partial charge in [-0.05, 0) is 24.3 Å². The molecule has 1 aromatic heterocycles. The van der Waals surface area contributed by atoms with Gasteiger partial charge < -0.3 is 9.64 Å². The number of benzene rings is 2. The molecule has 1 N–H and O–H groups in total. The van der Waals surface area contributed by atoms with Crippen LogP contribution in [0.2, 0.25) is 0 Å². The molecule has 4 rings (SSSR count). The van der Waals surface area contributed by atoms with Gasteiger partial charge in [-0.1, -0.05) is 24.3 Å². The predicted octanol–water partition coefficient (Wildman–Crippen LogP) is 4.18. The van der Waals surface area contributed by atoms with Crippen molar-refractivity contribution in [3.05, 3.63) is 60.2 Å². The molecule has 0 aliphatic carbocycles. The number of anilines is 1. The number of aromatic amines is 1. The molecule has 1 aliphatic heterocycles. The summed E-state index contributed by atoms with van der Waals surface area (Å²) in [6.45, 7) is 2.45. The minimum absolute atomic E-state index is 0.114. The van der Waals surface area contributed by atoms with Gasteiger partial charge >= 0.3 is 6.18 Å². The van der Waals surface area contributed by atoms with Gasteiger partial charge in [0.15, 0.2) is 0 Å². The zero-order valence-corrected chi connectivity index (χ0v) is 14.0. The number of hydrogen-bond donors (Lipinski definition) is 0. The Morgan fingerprint density at radius 1 is 0.923 bits per heavy atom. The molecule has 1 aliphatic rings. The van der Waals surface area contributed by atoms with Crippen molar-refractivity contribution in [2.24, 2.45) is 0 Å². The number of ether oxygens (including phenoxy) is 1. The normalized spacial score (nSPS) is 15.4. The molecule has 0 spiro atoms. The third-order valence-corrected chi connectivity index (χ3v) is 4.62. The van der Waals surface area contributed by atoms with E-state index in [0.29, 0.717) is 37.4 Å². The summed E-state index contributed by atoms with van der Waals surface area (Å²) in [5.74, 6) is 0. The average molecular weight is 359 g/mol. The number of nitrogens with one attached hydrogen (secondary N) is 1. The van der Waals surface area contributed by atoms with E-state index in [9.17, 15) is 13.2 Å². The molecule has 0 saturated carbocycles. The second kappa shape index (κ2) is 6.61. The minimum Gasteiger partial charge on any atom is -0.378 e. The monoisotopic (exact) mass is 359 g/mol. The van der Waals surface area contributed by atoms with Crippen molar-refractivity contribution >= 4 is 16.6 Å². The van der Waals surface area contributed by atoms with Crippen LogP contribution in [-0.4, -0.2) is 26.3 Å². The number of aromatic nitrogens is 1. The molecule has 1 fully saturated rings. The number of nitrogens with zero attached hydrogens (tertiary/aromatic N) is 1. The third kappa shape index (κ3) is 3.12. The highest BCUT2D eigenvalue weighted by Crippen LogP contribution is 2.37. The maximum Gasteiger partial charge on any atom is 0.422 e. The maximum absolute atomic E-state index is 13.6. The Morgan fingerprint density at radius 3 is 2.35 bits per heavy atom. The van der Waals surface area contributed by atoms with Gasteiger partial charge in [0, 0.05) is 24.7 Å². The van der Waals surface area contributed by atoms with Crippen LogP contribution in [0, 0.1) is 0 Å². The minimum atomic E-state index is -4.42. The zero-order chi connectivity index (χ0) is 18.1. The van der Waals surface area contributed by atoms with Crippen molar-refractivity contribution in [1.82, 2.24) is 0 Å². The second-order valence-corrected chi connectivity index (χ2v) is 6.26. The summed E-state index contributed by atoms with van der Waals surface area (Å²) in [4.78, 5) is 5.11. The molecule has 0 unspecified atom stereocenters. The molecule has 26 heavy (non-hydrogen) atoms. The fourth-order valence-corrected chi connectivity index (χ4v) is 3.36. The number of rotatable bonds is 2. The molecule has 6 heteroatoms. The van der Waals surface area contributed by atoms with Crippen LogP contribution in [0.3, 0.4) is 0 Å². The lowest BCUT2D eigenvalue weighted by atomic mass is 10.0. The number of halogens is 3. The van der Waals surface area contributed by atoms with Crippen LogP contribution >= 0.6 is 0 Å². The first-order chi connectivity index (χ1) is 12.5. The molecule has 2 heterocycles. The number of hydrogen-bond acceptors (Lipinski definition) is 2. The molecule has 0 bridgehead atoms. The van der Waals surface area contributed by atoms with Crippen molar-refractivity contribution in [1.29, 1.82) is 0 Å². The molecule has 0 atom stereocenters. The van der Waals surface area contributed by atoms with Crippen molar-refractivity contribution in [3.63, 3.8) is 0 Å². The number of morpholine rings is 1. The van der Waals surface area contributed by atoms with Gasteiger partial charge in [-0.25, -0.2) is 4.98 Å². The van der Waals surface area contributed by atoms with Gasteiger partial charge in [-0.3, -0.25) is 0 Å². The van der Waals surface area contributed by atoms with Crippen LogP contribution in [0.25, 0.3) is 22.2 Å². The summed E-state index contributed by atoms with van der Waals surface area (Å²) < 4.78 is 46.1. The number of pyridine rings is 1. The van der Waals surface area contributed by atoms with Gasteiger partial charge in [0.25, 0.3) is 0 Å². The third-order valence-electron chi connectivity index (χ3n) is 4.62. The first-order valence-corrected chi connectivity index (χ1v) is 8.48. The van der Waals surface area contributed by atoms with Crippen LogP contribution in [0.4, 0.5) is 18.9 Å². The smallest absolute Gasteiger partial charge is 0.378 e. The van der Waals surface area contributed by atoms with Crippen LogP contribution < -0.4 is 9.88 Å². The average Bonchev–Trinajstić information content (AvgIpc) is 2.67. The molecule has 2 aromatic carbocycles. The Hall–Kier alpha value is -2.60. The van der Waals surface area contributed by atoms with Crippen LogP contribution in [0.1, 0.15) is 5.56 Å². The Labute approximate surface area is 149 Å². The lowest BCUT2D eigenvalue weighted by molar-refractivity contribution is -0.333. The van der Waals surface area contributed by atoms with Gasteiger partial charge in [0.05, 0.1) is 24.3 Å². The first kappa shape index (κ1) is 16.8. The summed E-state index contributed by atoms with van der Waals surface area (Å²) in [5, 5.41) is 0.571. The quantitative estimate of drug-likeness (QED) is 0.686. The highest BCUT2D eigenvalue weighted by molar-refractivity contribution is 5.93. The standard InChI is InChI=1S/C20H17F3N2O/c21-20(22,23)16-8-4-7-15-18(25-9-11-26-12-10-25)13-17(24-19(15)16)14-5-2-1-3-6-14/h1-8,13H,9-12H2/p+1. The molecular formula is C20H18F3N2O+. The van der Waals surface area contributed by atoms with E-state index in [2.05, 4.69) is 9.88 Å². The largest absolute Gasteiger partial charge is 0.422 e. The highest BCUT2D eigenvalue weighted by atomic mass is 19.4. The lowest BCUT2D eigenvalue weighted by Crippen LogP contribution is -2.36. The van der Waals surface area contributed by atoms with Crippen molar-refractivity contribution in [3.8, 4) is 11.3 Å². The second-order valence-electron chi connectivity index (χ2n) is 6.26. The van der Waals surface area contributed by atoms with Crippen molar-refractivity contribution < 1.29 is 22.9 Å². The van der Waals surface area contributed by atoms with Crippen LogP contribution in [0.15, 0.2) is 54.6 Å². The van der Waals surface area contributed by atoms with E-state index < -0.39 is 11.7 Å². The predicted molar refractivity (Wildman–Crippen MR) is 94.0 cm³/mol. The van der Waals surface area contributed by atoms with E-state index in [1.807, 2.05) is 36.4 Å². The first-order valence-electron chi connectivity index (χ1n) is 8.48. The summed E-state index contributed by atoms with van der Waals surface area (Å²) in [6, 6.07) is 15.7. The lowest BCUT2D eigenvalue weighted by Gasteiger charge is -2.29. The van der Waals surface area contributed by atoms with Gasteiger partial charge in [-0.2, -0.15) is 13.2 Å². The Balaban J connectivity index is 1.98. The van der Waals surface area contributed by atoms with E-state index in [-0.39, 0.29) is 5.52 Å². The Bertz CT molecular complexity index is 919. The molecule has 0 radical (unpaired) electrons. The van der Waals surface area contributed by atoms with E-state index >= 15 is 0 Å². The Morgan fingerprint density at radius 2 is 1.65 bits per heavy atom. The summed E-state index contributed by atoms with van der Waals surface area (Å²) in [5.41, 5.74) is 1.77. The van der Waals surface area contributed by atoms with Crippen molar-refractivity contribution in [2.75, 3.05) is 31.2 Å². The van der Waals surface area contributed by atoms with E-state index in [0.717, 1.165) is 17.3 Å². The topological polar surface area (TPSA) is 26.6 Å². The van der Waals surface area contributed by atoms with Crippen molar-refractivity contribution in [2.45, 2.75) is 6.18 Å². The number of fused-ring (bicyclic) bond motifs is 1. The van der Waals surface area contributed by atoms with E-state index in [4.69, 9.17) is 4.74 Å². The molecular weight excluding hydrogens is 341 g/mol. The number of H-pyrrole nitrogens is 1. The van der Waals surface area contributed by atoms with E-state index in [1.165, 1.54) is 6.07 Å². The van der Waals surface area contributed by atoms with Crippen LogP contribution in [0.5, 0.6) is 0 Å². The van der Waals surface area contributed by atoms with E-state index in [1.54, 1.807) is 6.07 Å². The van der Waals surface area contributed by atoms with Crippen LogP contribution in [-0.2, 0) is 10.9 Å². The van der Waals surface area contributed by atoms with Gasteiger partial charge in [0.1, 0.15) is 5.56 Å². The molecule has 3 nitrogen and oxygen atoms in total. The summed E-state index contributed by atoms with van der Waals surface area (Å²) in [7, 11) is 0. The van der Waals surface area contributed by atoms with Gasteiger partial charge in [-0.15, -0.1) is 0 Å². The number of para-hydroxylation sites is 1. The molecule has 3 aromatic rings. The number of alkyl halides is 3. The SMILES string of the molecule is FC(F)(F)c1cccc2c(N3CCOCC3)cc(-c3ccccc3)[nH+]c12. The molecule has 1 saturated heterocycles. The fraction of sp³-hybridized carbons (Fsp3) is 0.250. The zero-order valence-electron chi connectivity index (χ0n) is 14.0. The summed E-state index contributed by atoms with van der Waals surface area (Å²) in [6.07, 6.45) is -4.42. The maximum atomic E-state index is 13.6. The summed E-state index contributed by atoms with van der Waals surface area (Å²) >= 11 is 0. The highest BCUT2D eigenvalue weighted by Gasteiger charge is 2.36. The fourth-order valence-electron chi connectivity index (χ4n) is 3.36. The Kier molecular flexibility index (Phi) is 4.28. The van der Waals surface area contributed by atoms with Gasteiger partial charge in [0.2, 0.25) is 11.2 Å². The molecule has 0 amide bonds.